The zero-order valence-corrected chi connectivity index (χ0v) is 11.6. The largest absolute Gasteiger partial charge is 0.444 e. The van der Waals surface area contributed by atoms with Crippen LogP contribution >= 0.6 is 0 Å². The van der Waals surface area contributed by atoms with E-state index < -0.39 is 11.7 Å². The molecule has 0 bridgehead atoms. The van der Waals surface area contributed by atoms with E-state index in [9.17, 15) is 4.79 Å². The summed E-state index contributed by atoms with van der Waals surface area (Å²) >= 11 is 0. The van der Waals surface area contributed by atoms with Crippen LogP contribution < -0.4 is 5.32 Å². The highest BCUT2D eigenvalue weighted by molar-refractivity contribution is 5.68. The molecule has 2 N–H and O–H groups in total. The van der Waals surface area contributed by atoms with Crippen molar-refractivity contribution in [2.45, 2.75) is 58.6 Å². The van der Waals surface area contributed by atoms with Crippen LogP contribution in [0, 0.1) is 0 Å². The van der Waals surface area contributed by atoms with Crippen molar-refractivity contribution >= 4 is 6.09 Å². The number of nitrogens with zero attached hydrogens (tertiary/aromatic N) is 1. The Balaban J connectivity index is 2.59. The summed E-state index contributed by atoms with van der Waals surface area (Å²) in [6.07, 6.45) is 5.99. The molecule has 0 saturated carbocycles. The van der Waals surface area contributed by atoms with Gasteiger partial charge in [-0.05, 0) is 27.2 Å². The Bertz CT molecular complexity index is 355. The van der Waals surface area contributed by atoms with Crippen LogP contribution in [0.1, 0.15) is 58.8 Å². The number of carbonyl (C=O) groups is 1. The lowest BCUT2D eigenvalue weighted by Crippen LogP contribution is -2.35. The normalized spacial score (nSPS) is 13.1. The van der Waals surface area contributed by atoms with Crippen molar-refractivity contribution < 1.29 is 9.53 Å². The third-order valence-corrected chi connectivity index (χ3v) is 2.39. The molecule has 102 valence electrons. The number of unbranched alkanes of at least 4 members (excludes halogenated alkanes) is 1. The van der Waals surface area contributed by atoms with Crippen LogP contribution in [0.4, 0.5) is 4.79 Å². The second kappa shape index (κ2) is 6.42. The van der Waals surface area contributed by atoms with Crippen molar-refractivity contribution in [3.8, 4) is 0 Å². The molecule has 1 unspecified atom stereocenters. The summed E-state index contributed by atoms with van der Waals surface area (Å²) in [6, 6.07) is -0.116. The number of aromatic amines is 1. The van der Waals surface area contributed by atoms with Gasteiger partial charge in [-0.25, -0.2) is 9.78 Å². The number of hydrogen-bond donors (Lipinski definition) is 2. The smallest absolute Gasteiger partial charge is 0.408 e. The molecule has 5 heteroatoms. The van der Waals surface area contributed by atoms with Crippen molar-refractivity contribution in [1.82, 2.24) is 15.3 Å². The van der Waals surface area contributed by atoms with Gasteiger partial charge in [0.05, 0.1) is 6.04 Å². The number of rotatable bonds is 5. The first-order valence-corrected chi connectivity index (χ1v) is 6.41. The standard InChI is InChI=1S/C13H23N3O2/c1-5-6-7-10(11-14-8-9-15-11)16-12(17)18-13(2,3)4/h8-10H,5-7H2,1-4H3,(H,14,15)(H,16,17). The van der Waals surface area contributed by atoms with E-state index in [-0.39, 0.29) is 6.04 Å². The van der Waals surface area contributed by atoms with Gasteiger partial charge in [0, 0.05) is 12.4 Å². The summed E-state index contributed by atoms with van der Waals surface area (Å²) in [5.41, 5.74) is -0.484. The molecule has 18 heavy (non-hydrogen) atoms. The maximum atomic E-state index is 11.8. The highest BCUT2D eigenvalue weighted by Crippen LogP contribution is 2.17. The number of H-pyrrole nitrogens is 1. The second-order valence-corrected chi connectivity index (χ2v) is 5.32. The topological polar surface area (TPSA) is 67.0 Å². The summed E-state index contributed by atoms with van der Waals surface area (Å²) in [6.45, 7) is 7.66. The molecule has 0 aliphatic heterocycles. The fourth-order valence-corrected chi connectivity index (χ4v) is 1.60. The van der Waals surface area contributed by atoms with Crippen molar-refractivity contribution in [3.05, 3.63) is 18.2 Å². The van der Waals surface area contributed by atoms with Gasteiger partial charge in [0.15, 0.2) is 0 Å². The fourth-order valence-electron chi connectivity index (χ4n) is 1.60. The highest BCUT2D eigenvalue weighted by atomic mass is 16.6. The van der Waals surface area contributed by atoms with Gasteiger partial charge >= 0.3 is 6.09 Å². The van der Waals surface area contributed by atoms with E-state index in [0.29, 0.717) is 0 Å². The molecule has 1 aromatic heterocycles. The van der Waals surface area contributed by atoms with E-state index in [1.807, 2.05) is 20.8 Å². The lowest BCUT2D eigenvalue weighted by Gasteiger charge is -2.22. The minimum atomic E-state index is -0.484. The van der Waals surface area contributed by atoms with E-state index >= 15 is 0 Å². The number of amides is 1. The number of alkyl carbamates (subject to hydrolysis) is 1. The van der Waals surface area contributed by atoms with Crippen LogP contribution in [0.15, 0.2) is 12.4 Å². The van der Waals surface area contributed by atoms with Crippen molar-refractivity contribution in [2.24, 2.45) is 0 Å². The number of carbonyl (C=O) groups excluding carboxylic acids is 1. The SMILES string of the molecule is CCCCC(NC(=O)OC(C)(C)C)c1ncc[nH]1. The lowest BCUT2D eigenvalue weighted by molar-refractivity contribution is 0.0498. The summed E-state index contributed by atoms with van der Waals surface area (Å²) in [7, 11) is 0. The molecule has 5 nitrogen and oxygen atoms in total. The quantitative estimate of drug-likeness (QED) is 0.847. The zero-order valence-electron chi connectivity index (χ0n) is 11.6. The third kappa shape index (κ3) is 5.21. The zero-order chi connectivity index (χ0) is 13.6. The summed E-state index contributed by atoms with van der Waals surface area (Å²) < 4.78 is 5.25. The summed E-state index contributed by atoms with van der Waals surface area (Å²) in [5, 5.41) is 2.86. The monoisotopic (exact) mass is 253 g/mol. The molecule has 1 atom stereocenters. The van der Waals surface area contributed by atoms with Crippen LogP contribution in [0.3, 0.4) is 0 Å². The van der Waals surface area contributed by atoms with Crippen LogP contribution in [0.25, 0.3) is 0 Å². The molecule has 1 heterocycles. The molecule has 1 aromatic rings. The average molecular weight is 253 g/mol. The second-order valence-electron chi connectivity index (χ2n) is 5.32. The molecule has 0 aliphatic rings. The van der Waals surface area contributed by atoms with Crippen molar-refractivity contribution in [1.29, 1.82) is 0 Å². The number of imidazole rings is 1. The predicted molar refractivity (Wildman–Crippen MR) is 70.2 cm³/mol. The van der Waals surface area contributed by atoms with E-state index in [4.69, 9.17) is 4.74 Å². The summed E-state index contributed by atoms with van der Waals surface area (Å²) in [5.74, 6) is 0.773. The van der Waals surface area contributed by atoms with Gasteiger partial charge in [-0.1, -0.05) is 19.8 Å². The molecule has 0 spiro atoms. The molecule has 1 amide bonds. The van der Waals surface area contributed by atoms with Crippen molar-refractivity contribution in [2.75, 3.05) is 0 Å². The Morgan fingerprint density at radius 1 is 1.56 bits per heavy atom. The Kier molecular flexibility index (Phi) is 5.19. The average Bonchev–Trinajstić information content (AvgIpc) is 2.74. The molecule has 0 aromatic carbocycles. The van der Waals surface area contributed by atoms with Crippen LogP contribution in [-0.4, -0.2) is 21.7 Å². The van der Waals surface area contributed by atoms with E-state index in [1.54, 1.807) is 12.4 Å². The van der Waals surface area contributed by atoms with Crippen LogP contribution in [-0.2, 0) is 4.74 Å². The highest BCUT2D eigenvalue weighted by Gasteiger charge is 2.21. The minimum Gasteiger partial charge on any atom is -0.444 e. The molecule has 0 fully saturated rings. The maximum absolute atomic E-state index is 11.8. The molecule has 0 aliphatic carbocycles. The number of ether oxygens (including phenoxy) is 1. The molecular weight excluding hydrogens is 230 g/mol. The van der Waals surface area contributed by atoms with Gasteiger partial charge in [-0.3, -0.25) is 0 Å². The van der Waals surface area contributed by atoms with Gasteiger partial charge in [0.1, 0.15) is 11.4 Å². The van der Waals surface area contributed by atoms with Gasteiger partial charge < -0.3 is 15.0 Å². The Morgan fingerprint density at radius 3 is 2.78 bits per heavy atom. The van der Waals surface area contributed by atoms with Gasteiger partial charge in [-0.2, -0.15) is 0 Å². The van der Waals surface area contributed by atoms with Crippen molar-refractivity contribution in [3.63, 3.8) is 0 Å². The number of nitrogens with one attached hydrogen (secondary N) is 2. The molecule has 1 rings (SSSR count). The lowest BCUT2D eigenvalue weighted by atomic mass is 10.1. The first-order chi connectivity index (χ1) is 8.42. The Labute approximate surface area is 108 Å². The number of hydrogen-bond acceptors (Lipinski definition) is 3. The summed E-state index contributed by atoms with van der Waals surface area (Å²) in [4.78, 5) is 19.0. The maximum Gasteiger partial charge on any atom is 0.408 e. The number of aromatic nitrogens is 2. The van der Waals surface area contributed by atoms with Gasteiger partial charge in [0.2, 0.25) is 0 Å². The third-order valence-electron chi connectivity index (χ3n) is 2.39. The molecule has 0 radical (unpaired) electrons. The predicted octanol–water partition coefficient (Wildman–Crippen LogP) is 3.17. The van der Waals surface area contributed by atoms with E-state index in [2.05, 4.69) is 22.2 Å². The van der Waals surface area contributed by atoms with Gasteiger partial charge in [0.25, 0.3) is 0 Å². The van der Waals surface area contributed by atoms with Gasteiger partial charge in [-0.15, -0.1) is 0 Å². The van der Waals surface area contributed by atoms with E-state index in [0.717, 1.165) is 25.1 Å². The first-order valence-electron chi connectivity index (χ1n) is 6.41. The Hall–Kier alpha value is -1.52. The first kappa shape index (κ1) is 14.5. The van der Waals surface area contributed by atoms with Crippen LogP contribution in [0.5, 0.6) is 0 Å². The van der Waals surface area contributed by atoms with Crippen LogP contribution in [0.2, 0.25) is 0 Å². The molecule has 0 saturated heterocycles. The fraction of sp³-hybridized carbons (Fsp3) is 0.692. The minimum absolute atomic E-state index is 0.116. The Morgan fingerprint density at radius 2 is 2.28 bits per heavy atom. The molecular formula is C13H23N3O2. The van der Waals surface area contributed by atoms with E-state index in [1.165, 1.54) is 0 Å².